The fourth-order valence-corrected chi connectivity index (χ4v) is 1.75. The van der Waals surface area contributed by atoms with E-state index in [2.05, 4.69) is 6.92 Å². The zero-order valence-corrected chi connectivity index (χ0v) is 10.9. The van der Waals surface area contributed by atoms with Crippen LogP contribution in [0.25, 0.3) is 0 Å². The molecule has 0 aliphatic heterocycles. The highest BCUT2D eigenvalue weighted by Crippen LogP contribution is 2.27. The van der Waals surface area contributed by atoms with E-state index in [1.807, 2.05) is 12.1 Å². The Labute approximate surface area is 116 Å². The Hall–Kier alpha value is -2.69. The highest BCUT2D eigenvalue weighted by Gasteiger charge is 2.11. The zero-order chi connectivity index (χ0) is 14.5. The number of hydrogen-bond donors (Lipinski definition) is 0. The van der Waals surface area contributed by atoms with Crippen LogP contribution in [-0.2, 0) is 6.42 Å². The van der Waals surface area contributed by atoms with Gasteiger partial charge in [0.25, 0.3) is 5.69 Å². The van der Waals surface area contributed by atoms with Gasteiger partial charge in [0.15, 0.2) is 6.29 Å². The van der Waals surface area contributed by atoms with Gasteiger partial charge in [-0.1, -0.05) is 19.1 Å². The Bertz CT molecular complexity index is 635. The van der Waals surface area contributed by atoms with Crippen LogP contribution in [0.1, 0.15) is 22.8 Å². The molecule has 2 aromatic rings. The van der Waals surface area contributed by atoms with Crippen molar-refractivity contribution >= 4 is 12.0 Å². The molecule has 0 aromatic heterocycles. The molecule has 0 spiro atoms. The fraction of sp³-hybridized carbons (Fsp3) is 0.133. The normalized spacial score (nSPS) is 10.1. The maximum atomic E-state index is 11.0. The van der Waals surface area contributed by atoms with E-state index in [0.29, 0.717) is 17.8 Å². The van der Waals surface area contributed by atoms with E-state index in [9.17, 15) is 14.9 Å². The second-order valence-corrected chi connectivity index (χ2v) is 4.20. The van der Waals surface area contributed by atoms with Crippen LogP contribution in [0.15, 0.2) is 42.5 Å². The highest BCUT2D eigenvalue weighted by molar-refractivity contribution is 5.80. The molecule has 0 heterocycles. The number of carbonyl (C=O) groups is 1. The van der Waals surface area contributed by atoms with Crippen molar-refractivity contribution in [2.75, 3.05) is 0 Å². The highest BCUT2D eigenvalue weighted by atomic mass is 16.6. The number of rotatable bonds is 5. The molecule has 0 radical (unpaired) electrons. The Morgan fingerprint density at radius 3 is 2.45 bits per heavy atom. The molecule has 0 bridgehead atoms. The van der Waals surface area contributed by atoms with Crippen molar-refractivity contribution in [2.45, 2.75) is 13.3 Å². The van der Waals surface area contributed by atoms with Gasteiger partial charge < -0.3 is 4.74 Å². The Balaban J connectivity index is 2.27. The number of nitro groups is 1. The molecule has 0 atom stereocenters. The number of carbonyl (C=O) groups excluding carboxylic acids is 1. The van der Waals surface area contributed by atoms with Crippen molar-refractivity contribution in [2.24, 2.45) is 0 Å². The van der Waals surface area contributed by atoms with Crippen molar-refractivity contribution in [3.8, 4) is 11.5 Å². The third-order valence-electron chi connectivity index (χ3n) is 2.89. The van der Waals surface area contributed by atoms with Crippen LogP contribution in [0.4, 0.5) is 5.69 Å². The molecule has 0 N–H and O–H groups in total. The molecule has 0 fully saturated rings. The molecule has 2 aromatic carbocycles. The van der Waals surface area contributed by atoms with Gasteiger partial charge in [0, 0.05) is 12.1 Å². The lowest BCUT2D eigenvalue weighted by atomic mass is 10.1. The third-order valence-corrected chi connectivity index (χ3v) is 2.89. The molecule has 102 valence electrons. The fourth-order valence-electron chi connectivity index (χ4n) is 1.75. The summed E-state index contributed by atoms with van der Waals surface area (Å²) in [7, 11) is 0. The monoisotopic (exact) mass is 271 g/mol. The number of aldehydes is 1. The third kappa shape index (κ3) is 3.00. The standard InChI is InChI=1S/C15H13NO4/c1-2-11-3-6-14(7-4-11)20-15-8-5-13(16(18)19)9-12(15)10-17/h3-10H,2H2,1H3. The SMILES string of the molecule is CCc1ccc(Oc2ccc([N+](=O)[O-])cc2C=O)cc1. The second kappa shape index (κ2) is 5.97. The first kappa shape index (κ1) is 13.7. The predicted molar refractivity (Wildman–Crippen MR) is 74.4 cm³/mol. The predicted octanol–water partition coefficient (Wildman–Crippen LogP) is 3.76. The first-order valence-corrected chi connectivity index (χ1v) is 6.14. The number of benzene rings is 2. The van der Waals surface area contributed by atoms with Crippen molar-refractivity contribution in [1.29, 1.82) is 0 Å². The van der Waals surface area contributed by atoms with E-state index in [-0.39, 0.29) is 11.3 Å². The van der Waals surface area contributed by atoms with Crippen molar-refractivity contribution < 1.29 is 14.5 Å². The van der Waals surface area contributed by atoms with E-state index < -0.39 is 4.92 Å². The van der Waals surface area contributed by atoms with Gasteiger partial charge in [-0.15, -0.1) is 0 Å². The van der Waals surface area contributed by atoms with Gasteiger partial charge >= 0.3 is 0 Å². The maximum absolute atomic E-state index is 11.0. The number of nitrogens with zero attached hydrogens (tertiary/aromatic N) is 1. The van der Waals surface area contributed by atoms with Gasteiger partial charge in [0.2, 0.25) is 0 Å². The number of aryl methyl sites for hydroxylation is 1. The van der Waals surface area contributed by atoms with Crippen molar-refractivity contribution in [3.63, 3.8) is 0 Å². The van der Waals surface area contributed by atoms with Crippen LogP contribution < -0.4 is 4.74 Å². The van der Waals surface area contributed by atoms with Gasteiger partial charge in [-0.05, 0) is 30.2 Å². The van der Waals surface area contributed by atoms with Gasteiger partial charge in [-0.25, -0.2) is 0 Å². The number of non-ortho nitro benzene ring substituents is 1. The van der Waals surface area contributed by atoms with E-state index in [0.717, 1.165) is 6.42 Å². The minimum absolute atomic E-state index is 0.138. The summed E-state index contributed by atoms with van der Waals surface area (Å²) >= 11 is 0. The van der Waals surface area contributed by atoms with Crippen LogP contribution >= 0.6 is 0 Å². The largest absolute Gasteiger partial charge is 0.457 e. The minimum atomic E-state index is -0.549. The summed E-state index contributed by atoms with van der Waals surface area (Å²) in [6.45, 7) is 2.05. The van der Waals surface area contributed by atoms with Gasteiger partial charge in [-0.2, -0.15) is 0 Å². The molecule has 0 saturated carbocycles. The quantitative estimate of drug-likeness (QED) is 0.471. The summed E-state index contributed by atoms with van der Waals surface area (Å²) in [5, 5.41) is 10.7. The van der Waals surface area contributed by atoms with Crippen LogP contribution in [0.2, 0.25) is 0 Å². The van der Waals surface area contributed by atoms with Crippen LogP contribution in [0.3, 0.4) is 0 Å². The maximum Gasteiger partial charge on any atom is 0.270 e. The number of hydrogen-bond acceptors (Lipinski definition) is 4. The first-order valence-electron chi connectivity index (χ1n) is 6.14. The summed E-state index contributed by atoms with van der Waals surface area (Å²) < 4.78 is 5.58. The van der Waals surface area contributed by atoms with E-state index in [1.165, 1.54) is 23.8 Å². The number of nitro benzene ring substituents is 1. The summed E-state index contributed by atoms with van der Waals surface area (Å²) in [6, 6.07) is 11.4. The van der Waals surface area contributed by atoms with Gasteiger partial charge in [0.05, 0.1) is 10.5 Å². The van der Waals surface area contributed by atoms with Gasteiger partial charge in [0.1, 0.15) is 11.5 Å². The minimum Gasteiger partial charge on any atom is -0.457 e. The lowest BCUT2D eigenvalue weighted by Gasteiger charge is -2.08. The summed E-state index contributed by atoms with van der Waals surface area (Å²) in [5.74, 6) is 0.883. The first-order chi connectivity index (χ1) is 9.63. The van der Waals surface area contributed by atoms with E-state index >= 15 is 0 Å². The average molecular weight is 271 g/mol. The van der Waals surface area contributed by atoms with Crippen LogP contribution in [0, 0.1) is 10.1 Å². The molecule has 0 unspecified atom stereocenters. The van der Waals surface area contributed by atoms with E-state index in [4.69, 9.17) is 4.74 Å². The molecule has 0 aliphatic rings. The summed E-state index contributed by atoms with van der Waals surface area (Å²) in [6.07, 6.45) is 1.47. The van der Waals surface area contributed by atoms with Crippen LogP contribution in [0.5, 0.6) is 11.5 Å². The van der Waals surface area contributed by atoms with Crippen LogP contribution in [-0.4, -0.2) is 11.2 Å². The molecular formula is C15H13NO4. The summed E-state index contributed by atoms with van der Waals surface area (Å²) in [5.41, 5.74) is 1.19. The smallest absolute Gasteiger partial charge is 0.270 e. The topological polar surface area (TPSA) is 69.4 Å². The van der Waals surface area contributed by atoms with E-state index in [1.54, 1.807) is 12.1 Å². The molecule has 0 amide bonds. The Kier molecular flexibility index (Phi) is 4.10. The zero-order valence-electron chi connectivity index (χ0n) is 10.9. The molecule has 0 aliphatic carbocycles. The second-order valence-electron chi connectivity index (χ2n) is 4.20. The molecule has 0 saturated heterocycles. The molecule has 20 heavy (non-hydrogen) atoms. The molecule has 5 nitrogen and oxygen atoms in total. The van der Waals surface area contributed by atoms with Crippen molar-refractivity contribution in [1.82, 2.24) is 0 Å². The molecular weight excluding hydrogens is 258 g/mol. The van der Waals surface area contributed by atoms with Gasteiger partial charge in [-0.3, -0.25) is 14.9 Å². The lowest BCUT2D eigenvalue weighted by Crippen LogP contribution is -1.94. The Morgan fingerprint density at radius 1 is 1.20 bits per heavy atom. The molecule has 2 rings (SSSR count). The van der Waals surface area contributed by atoms with Crippen molar-refractivity contribution in [3.05, 3.63) is 63.7 Å². The summed E-state index contributed by atoms with van der Waals surface area (Å²) in [4.78, 5) is 21.1. The molecule has 5 heteroatoms. The average Bonchev–Trinajstić information content (AvgIpc) is 2.48. The Morgan fingerprint density at radius 2 is 1.90 bits per heavy atom. The lowest BCUT2D eigenvalue weighted by molar-refractivity contribution is -0.384. The number of ether oxygens (including phenoxy) is 1.